The first kappa shape index (κ1) is 16.7. The lowest BCUT2D eigenvalue weighted by Crippen LogP contribution is -2.49. The van der Waals surface area contributed by atoms with Crippen molar-refractivity contribution in [3.63, 3.8) is 0 Å². The van der Waals surface area contributed by atoms with Gasteiger partial charge in [0, 0.05) is 29.4 Å². The molecular formula is C16H23ClN2OS. The number of carbonyl (C=O) groups is 1. The molecule has 5 heteroatoms. The highest BCUT2D eigenvalue weighted by atomic mass is 35.5. The number of hydrogen-bond donors (Lipinski definition) is 1. The van der Waals surface area contributed by atoms with Crippen molar-refractivity contribution in [1.82, 2.24) is 10.2 Å². The van der Waals surface area contributed by atoms with E-state index >= 15 is 0 Å². The average molecular weight is 327 g/mol. The Morgan fingerprint density at radius 2 is 2.24 bits per heavy atom. The van der Waals surface area contributed by atoms with Crippen LogP contribution in [0, 0.1) is 0 Å². The molecule has 1 heterocycles. The highest BCUT2D eigenvalue weighted by Crippen LogP contribution is 2.28. The van der Waals surface area contributed by atoms with E-state index in [0.29, 0.717) is 5.75 Å². The third kappa shape index (κ3) is 4.90. The van der Waals surface area contributed by atoms with Gasteiger partial charge in [0.05, 0.1) is 11.8 Å². The number of benzene rings is 1. The summed E-state index contributed by atoms with van der Waals surface area (Å²) in [4.78, 5) is 14.5. The van der Waals surface area contributed by atoms with Gasteiger partial charge in [-0.05, 0) is 17.7 Å². The molecule has 3 nitrogen and oxygen atoms in total. The average Bonchev–Trinajstić information content (AvgIpc) is 2.44. The van der Waals surface area contributed by atoms with Crippen LogP contribution in [-0.2, 0) is 4.79 Å². The SMILES string of the molecule is CC(C)(C)SCC(=O)N1CCNCC1c1cccc(Cl)c1. The molecule has 1 aliphatic heterocycles. The quantitative estimate of drug-likeness (QED) is 0.924. The van der Waals surface area contributed by atoms with Gasteiger partial charge in [0.1, 0.15) is 0 Å². The summed E-state index contributed by atoms with van der Waals surface area (Å²) in [5, 5.41) is 4.08. The van der Waals surface area contributed by atoms with Gasteiger partial charge in [0.15, 0.2) is 0 Å². The molecule has 0 radical (unpaired) electrons. The molecule has 1 fully saturated rings. The molecule has 0 aliphatic carbocycles. The summed E-state index contributed by atoms with van der Waals surface area (Å²) in [6, 6.07) is 7.88. The van der Waals surface area contributed by atoms with Crippen molar-refractivity contribution in [2.45, 2.75) is 31.6 Å². The zero-order chi connectivity index (χ0) is 15.5. The summed E-state index contributed by atoms with van der Waals surface area (Å²) < 4.78 is 0.106. The lowest BCUT2D eigenvalue weighted by molar-refractivity contribution is -0.131. The molecular weight excluding hydrogens is 304 g/mol. The molecule has 1 aliphatic rings. The summed E-state index contributed by atoms with van der Waals surface area (Å²) in [5.41, 5.74) is 1.10. The van der Waals surface area contributed by atoms with Crippen LogP contribution in [0.1, 0.15) is 32.4 Å². The van der Waals surface area contributed by atoms with Gasteiger partial charge in [-0.1, -0.05) is 44.5 Å². The van der Waals surface area contributed by atoms with Crippen LogP contribution in [0.5, 0.6) is 0 Å². The third-order valence-corrected chi connectivity index (χ3v) is 4.92. The van der Waals surface area contributed by atoms with E-state index < -0.39 is 0 Å². The van der Waals surface area contributed by atoms with Gasteiger partial charge in [-0.25, -0.2) is 0 Å². The first-order valence-electron chi connectivity index (χ1n) is 7.26. The van der Waals surface area contributed by atoms with Crippen LogP contribution in [-0.4, -0.2) is 40.9 Å². The summed E-state index contributed by atoms with van der Waals surface area (Å²) in [5.74, 6) is 0.738. The third-order valence-electron chi connectivity index (χ3n) is 3.43. The van der Waals surface area contributed by atoms with Gasteiger partial charge >= 0.3 is 0 Å². The number of nitrogens with one attached hydrogen (secondary N) is 1. The Bertz CT molecular complexity index is 501. The number of amides is 1. The summed E-state index contributed by atoms with van der Waals surface area (Å²) >= 11 is 7.78. The normalized spacial score (nSPS) is 19.6. The van der Waals surface area contributed by atoms with Crippen molar-refractivity contribution in [1.29, 1.82) is 0 Å². The fourth-order valence-electron chi connectivity index (χ4n) is 2.38. The van der Waals surface area contributed by atoms with E-state index in [1.165, 1.54) is 0 Å². The zero-order valence-electron chi connectivity index (χ0n) is 12.9. The Morgan fingerprint density at radius 3 is 2.90 bits per heavy atom. The van der Waals surface area contributed by atoms with Gasteiger partial charge < -0.3 is 10.2 Å². The Labute approximate surface area is 136 Å². The van der Waals surface area contributed by atoms with Crippen molar-refractivity contribution < 1.29 is 4.79 Å². The monoisotopic (exact) mass is 326 g/mol. The van der Waals surface area contributed by atoms with Crippen LogP contribution in [0.4, 0.5) is 0 Å². The number of halogens is 1. The minimum absolute atomic E-state index is 0.0746. The van der Waals surface area contributed by atoms with Gasteiger partial charge in [-0.15, -0.1) is 11.8 Å². The highest BCUT2D eigenvalue weighted by molar-refractivity contribution is 8.01. The molecule has 0 spiro atoms. The molecule has 2 rings (SSSR count). The van der Waals surface area contributed by atoms with Crippen LogP contribution in [0.25, 0.3) is 0 Å². The van der Waals surface area contributed by atoms with Gasteiger partial charge in [0.25, 0.3) is 0 Å². The first-order chi connectivity index (χ1) is 9.87. The molecule has 1 atom stereocenters. The van der Waals surface area contributed by atoms with Crippen LogP contribution in [0.3, 0.4) is 0 Å². The maximum Gasteiger partial charge on any atom is 0.233 e. The molecule has 1 amide bonds. The predicted molar refractivity (Wildman–Crippen MR) is 91.0 cm³/mol. The van der Waals surface area contributed by atoms with Crippen molar-refractivity contribution >= 4 is 29.3 Å². The molecule has 116 valence electrons. The number of piperazine rings is 1. The molecule has 0 aromatic heterocycles. The second-order valence-corrected chi connectivity index (χ2v) is 8.50. The number of rotatable bonds is 3. The van der Waals surface area contributed by atoms with Crippen molar-refractivity contribution in [3.05, 3.63) is 34.9 Å². The molecule has 1 unspecified atom stereocenters. The van der Waals surface area contributed by atoms with E-state index in [1.54, 1.807) is 11.8 Å². The van der Waals surface area contributed by atoms with E-state index in [4.69, 9.17) is 11.6 Å². The first-order valence-corrected chi connectivity index (χ1v) is 8.63. The number of thioether (sulfide) groups is 1. The lowest BCUT2D eigenvalue weighted by Gasteiger charge is -2.37. The fraction of sp³-hybridized carbons (Fsp3) is 0.562. The second kappa shape index (κ2) is 7.03. The van der Waals surface area contributed by atoms with E-state index in [1.807, 2.05) is 29.2 Å². The van der Waals surface area contributed by atoms with E-state index in [9.17, 15) is 4.79 Å². The summed E-state index contributed by atoms with van der Waals surface area (Å²) in [7, 11) is 0. The van der Waals surface area contributed by atoms with Gasteiger partial charge in [-0.2, -0.15) is 0 Å². The highest BCUT2D eigenvalue weighted by Gasteiger charge is 2.28. The van der Waals surface area contributed by atoms with Gasteiger partial charge in [0.2, 0.25) is 5.91 Å². The van der Waals surface area contributed by atoms with Crippen LogP contribution < -0.4 is 5.32 Å². The fourth-order valence-corrected chi connectivity index (χ4v) is 3.30. The van der Waals surface area contributed by atoms with E-state index in [2.05, 4.69) is 26.1 Å². The maximum atomic E-state index is 12.6. The van der Waals surface area contributed by atoms with Crippen LogP contribution in [0.2, 0.25) is 5.02 Å². The second-order valence-electron chi connectivity index (χ2n) is 6.26. The predicted octanol–water partition coefficient (Wildman–Crippen LogP) is 3.34. The minimum Gasteiger partial charge on any atom is -0.332 e. The Morgan fingerprint density at radius 1 is 1.48 bits per heavy atom. The molecule has 0 bridgehead atoms. The van der Waals surface area contributed by atoms with Gasteiger partial charge in [-0.3, -0.25) is 4.79 Å². The number of carbonyl (C=O) groups excluding carboxylic acids is 1. The molecule has 1 aromatic rings. The number of hydrogen-bond acceptors (Lipinski definition) is 3. The standard InChI is InChI=1S/C16H23ClN2OS/c1-16(2,3)21-11-15(20)19-8-7-18-10-14(19)12-5-4-6-13(17)9-12/h4-6,9,14,18H,7-8,10-11H2,1-3H3. The number of nitrogens with zero attached hydrogens (tertiary/aromatic N) is 1. The minimum atomic E-state index is 0.0746. The molecule has 1 saturated heterocycles. The van der Waals surface area contributed by atoms with E-state index in [-0.39, 0.29) is 16.7 Å². The molecule has 1 aromatic carbocycles. The maximum absolute atomic E-state index is 12.6. The Kier molecular flexibility index (Phi) is 5.58. The Hall–Kier alpha value is -0.710. The van der Waals surface area contributed by atoms with Crippen LogP contribution in [0.15, 0.2) is 24.3 Å². The van der Waals surface area contributed by atoms with E-state index in [0.717, 1.165) is 30.2 Å². The molecule has 0 saturated carbocycles. The molecule has 1 N–H and O–H groups in total. The summed E-state index contributed by atoms with van der Waals surface area (Å²) in [6.45, 7) is 8.79. The smallest absolute Gasteiger partial charge is 0.233 e. The van der Waals surface area contributed by atoms with Crippen LogP contribution >= 0.6 is 23.4 Å². The largest absolute Gasteiger partial charge is 0.332 e. The van der Waals surface area contributed by atoms with Crippen molar-refractivity contribution in [3.8, 4) is 0 Å². The Balaban J connectivity index is 2.10. The lowest BCUT2D eigenvalue weighted by atomic mass is 10.0. The summed E-state index contributed by atoms with van der Waals surface area (Å²) in [6.07, 6.45) is 0. The van der Waals surface area contributed by atoms with Crippen molar-refractivity contribution in [2.24, 2.45) is 0 Å². The topological polar surface area (TPSA) is 32.3 Å². The molecule has 21 heavy (non-hydrogen) atoms. The van der Waals surface area contributed by atoms with Crippen molar-refractivity contribution in [2.75, 3.05) is 25.4 Å². The zero-order valence-corrected chi connectivity index (χ0v) is 14.4.